The molecule has 90 valence electrons. The molecule has 2 atom stereocenters. The molecule has 0 aliphatic heterocycles. The Labute approximate surface area is 96.6 Å². The Morgan fingerprint density at radius 3 is 2.59 bits per heavy atom. The molecule has 1 aromatic carbocycles. The minimum absolute atomic E-state index is 0.0612. The summed E-state index contributed by atoms with van der Waals surface area (Å²) in [7, 11) is 0. The first-order valence-corrected chi connectivity index (χ1v) is 5.69. The largest absolute Gasteiger partial charge is 0.392 e. The van der Waals surface area contributed by atoms with Gasteiger partial charge in [-0.3, -0.25) is 4.79 Å². The van der Waals surface area contributed by atoms with Crippen LogP contribution in [-0.2, 0) is 6.42 Å². The number of halogens is 3. The van der Waals surface area contributed by atoms with Crippen LogP contribution in [0, 0.1) is 5.92 Å². The summed E-state index contributed by atoms with van der Waals surface area (Å²) in [6.45, 7) is 0. The molecule has 0 spiro atoms. The molecule has 2 aliphatic rings. The average molecular weight is 240 g/mol. The lowest BCUT2D eigenvalue weighted by Crippen LogP contribution is -2.11. The standard InChI is InChI=1S/C13H11F3O/c14-13(15,16)11-6-9(11)8-2-1-7-3-4-12(17)10(7)5-8/h1-2,5,9,11H,3-4,6H2/t9-,11+/m1/s1. The number of fused-ring (bicyclic) bond motifs is 1. The van der Waals surface area contributed by atoms with Gasteiger partial charge in [0.2, 0.25) is 0 Å². The van der Waals surface area contributed by atoms with Crippen LogP contribution in [0.15, 0.2) is 18.2 Å². The van der Waals surface area contributed by atoms with Gasteiger partial charge in [-0.15, -0.1) is 0 Å². The SMILES string of the molecule is O=C1CCc2ccc([C@H]3C[C@@H]3C(F)(F)F)cc21. The van der Waals surface area contributed by atoms with Crippen molar-refractivity contribution < 1.29 is 18.0 Å². The summed E-state index contributed by atoms with van der Waals surface area (Å²) in [6, 6.07) is 5.22. The third-order valence-corrected chi connectivity index (χ3v) is 3.69. The van der Waals surface area contributed by atoms with Crippen molar-refractivity contribution in [1.82, 2.24) is 0 Å². The van der Waals surface area contributed by atoms with Crippen LogP contribution in [0.4, 0.5) is 13.2 Å². The smallest absolute Gasteiger partial charge is 0.294 e. The molecule has 1 fully saturated rings. The van der Waals surface area contributed by atoms with E-state index in [4.69, 9.17) is 0 Å². The van der Waals surface area contributed by atoms with E-state index in [0.29, 0.717) is 17.5 Å². The number of aryl methyl sites for hydroxylation is 1. The Hall–Kier alpha value is -1.32. The van der Waals surface area contributed by atoms with Crippen molar-refractivity contribution >= 4 is 5.78 Å². The van der Waals surface area contributed by atoms with Gasteiger partial charge in [-0.25, -0.2) is 0 Å². The maximum absolute atomic E-state index is 12.5. The molecule has 0 heterocycles. The fourth-order valence-corrected chi connectivity index (χ4v) is 2.61. The highest BCUT2D eigenvalue weighted by Gasteiger charge is 2.56. The molecule has 0 bridgehead atoms. The predicted octanol–water partition coefficient (Wildman–Crippen LogP) is 3.48. The van der Waals surface area contributed by atoms with E-state index in [-0.39, 0.29) is 12.2 Å². The molecule has 0 N–H and O–H groups in total. The molecule has 0 aromatic heterocycles. The van der Waals surface area contributed by atoms with Crippen molar-refractivity contribution in [3.63, 3.8) is 0 Å². The number of benzene rings is 1. The molecular formula is C13H11F3O. The number of rotatable bonds is 1. The number of ketones is 1. The summed E-state index contributed by atoms with van der Waals surface area (Å²) in [6.07, 6.45) is -2.72. The summed E-state index contributed by atoms with van der Waals surface area (Å²) >= 11 is 0. The van der Waals surface area contributed by atoms with Gasteiger partial charge in [0.15, 0.2) is 5.78 Å². The zero-order valence-corrected chi connectivity index (χ0v) is 9.05. The van der Waals surface area contributed by atoms with Gasteiger partial charge < -0.3 is 0 Å². The predicted molar refractivity (Wildman–Crippen MR) is 56.0 cm³/mol. The van der Waals surface area contributed by atoms with E-state index in [2.05, 4.69) is 0 Å². The summed E-state index contributed by atoms with van der Waals surface area (Å²) in [5.41, 5.74) is 2.28. The fourth-order valence-electron chi connectivity index (χ4n) is 2.61. The summed E-state index contributed by atoms with van der Waals surface area (Å²) < 4.78 is 37.4. The maximum atomic E-state index is 12.5. The second-order valence-electron chi connectivity index (χ2n) is 4.83. The van der Waals surface area contributed by atoms with Crippen molar-refractivity contribution in [3.8, 4) is 0 Å². The van der Waals surface area contributed by atoms with Crippen molar-refractivity contribution in [2.45, 2.75) is 31.4 Å². The lowest BCUT2D eigenvalue weighted by Gasteiger charge is -2.06. The first kappa shape index (κ1) is 10.8. The van der Waals surface area contributed by atoms with Gasteiger partial charge in [0.05, 0.1) is 5.92 Å². The van der Waals surface area contributed by atoms with Crippen molar-refractivity contribution in [1.29, 1.82) is 0 Å². The van der Waals surface area contributed by atoms with E-state index in [1.807, 2.05) is 0 Å². The number of carbonyl (C=O) groups is 1. The summed E-state index contributed by atoms with van der Waals surface area (Å²) in [5.74, 6) is -1.59. The van der Waals surface area contributed by atoms with Gasteiger partial charge in [0, 0.05) is 12.0 Å². The van der Waals surface area contributed by atoms with Gasteiger partial charge in [0.1, 0.15) is 0 Å². The Morgan fingerprint density at radius 2 is 1.94 bits per heavy atom. The molecule has 1 saturated carbocycles. The maximum Gasteiger partial charge on any atom is 0.392 e. The second-order valence-corrected chi connectivity index (χ2v) is 4.83. The number of carbonyl (C=O) groups excluding carboxylic acids is 1. The lowest BCUT2D eigenvalue weighted by molar-refractivity contribution is -0.148. The lowest BCUT2D eigenvalue weighted by atomic mass is 10.0. The monoisotopic (exact) mass is 240 g/mol. The Bertz CT molecular complexity index is 490. The summed E-state index contributed by atoms with van der Waals surface area (Å²) in [5, 5.41) is 0. The molecule has 17 heavy (non-hydrogen) atoms. The molecule has 2 aliphatic carbocycles. The first-order chi connectivity index (χ1) is 7.97. The van der Waals surface area contributed by atoms with Crippen LogP contribution < -0.4 is 0 Å². The Morgan fingerprint density at radius 1 is 1.18 bits per heavy atom. The van der Waals surface area contributed by atoms with Gasteiger partial charge in [0.25, 0.3) is 0 Å². The molecule has 4 heteroatoms. The molecule has 1 nitrogen and oxygen atoms in total. The van der Waals surface area contributed by atoms with Crippen LogP contribution in [-0.4, -0.2) is 12.0 Å². The molecular weight excluding hydrogens is 229 g/mol. The van der Waals surface area contributed by atoms with Crippen LogP contribution in [0.1, 0.15) is 40.2 Å². The highest BCUT2D eigenvalue weighted by molar-refractivity contribution is 6.00. The second kappa shape index (κ2) is 3.34. The normalized spacial score (nSPS) is 27.1. The minimum Gasteiger partial charge on any atom is -0.294 e. The van der Waals surface area contributed by atoms with E-state index >= 15 is 0 Å². The quantitative estimate of drug-likeness (QED) is 0.734. The fraction of sp³-hybridized carbons (Fsp3) is 0.462. The third-order valence-electron chi connectivity index (χ3n) is 3.69. The average Bonchev–Trinajstić information content (AvgIpc) is 2.99. The Balaban J connectivity index is 1.88. The topological polar surface area (TPSA) is 17.1 Å². The van der Waals surface area contributed by atoms with E-state index in [0.717, 1.165) is 12.0 Å². The van der Waals surface area contributed by atoms with E-state index in [1.54, 1.807) is 18.2 Å². The highest BCUT2D eigenvalue weighted by Crippen LogP contribution is 2.56. The van der Waals surface area contributed by atoms with Crippen molar-refractivity contribution in [2.75, 3.05) is 0 Å². The van der Waals surface area contributed by atoms with Crippen LogP contribution in [0.5, 0.6) is 0 Å². The van der Waals surface area contributed by atoms with Crippen molar-refractivity contribution in [2.24, 2.45) is 5.92 Å². The van der Waals surface area contributed by atoms with Crippen LogP contribution >= 0.6 is 0 Å². The summed E-state index contributed by atoms with van der Waals surface area (Å²) in [4.78, 5) is 11.5. The number of hydrogen-bond acceptors (Lipinski definition) is 1. The van der Waals surface area contributed by atoms with E-state index in [1.165, 1.54) is 0 Å². The molecule has 0 unspecified atom stereocenters. The minimum atomic E-state index is -4.10. The zero-order chi connectivity index (χ0) is 12.2. The van der Waals surface area contributed by atoms with Gasteiger partial charge in [-0.1, -0.05) is 12.1 Å². The molecule has 3 rings (SSSR count). The van der Waals surface area contributed by atoms with E-state index in [9.17, 15) is 18.0 Å². The third kappa shape index (κ3) is 1.75. The van der Waals surface area contributed by atoms with Gasteiger partial charge >= 0.3 is 6.18 Å². The van der Waals surface area contributed by atoms with Gasteiger partial charge in [-0.2, -0.15) is 13.2 Å². The van der Waals surface area contributed by atoms with Crippen LogP contribution in [0.2, 0.25) is 0 Å². The Kier molecular flexibility index (Phi) is 2.12. The molecule has 0 amide bonds. The molecule has 0 radical (unpaired) electrons. The molecule has 1 aromatic rings. The first-order valence-electron chi connectivity index (χ1n) is 5.69. The number of Topliss-reactive ketones (excluding diaryl/α,β-unsaturated/α-hetero) is 1. The number of hydrogen-bond donors (Lipinski definition) is 0. The number of alkyl halides is 3. The van der Waals surface area contributed by atoms with Crippen LogP contribution in [0.25, 0.3) is 0 Å². The van der Waals surface area contributed by atoms with E-state index < -0.39 is 18.0 Å². The highest BCUT2D eigenvalue weighted by atomic mass is 19.4. The van der Waals surface area contributed by atoms with Crippen molar-refractivity contribution in [3.05, 3.63) is 34.9 Å². The zero-order valence-electron chi connectivity index (χ0n) is 9.05. The van der Waals surface area contributed by atoms with Gasteiger partial charge in [-0.05, 0) is 36.0 Å². The van der Waals surface area contributed by atoms with Crippen LogP contribution in [0.3, 0.4) is 0 Å². The molecule has 0 saturated heterocycles.